The van der Waals surface area contributed by atoms with E-state index in [1.807, 2.05) is 6.92 Å². The first-order chi connectivity index (χ1) is 17.4. The van der Waals surface area contributed by atoms with Crippen LogP contribution in [0.1, 0.15) is 5.56 Å². The van der Waals surface area contributed by atoms with Crippen molar-refractivity contribution in [1.82, 2.24) is 8.61 Å². The van der Waals surface area contributed by atoms with E-state index in [1.54, 1.807) is 30.3 Å². The topological polar surface area (TPSA) is 118 Å². The smallest absolute Gasteiger partial charge is 0.258 e. The summed E-state index contributed by atoms with van der Waals surface area (Å²) >= 11 is 13.3. The summed E-state index contributed by atoms with van der Waals surface area (Å²) in [5.74, 6) is 0. The molecule has 1 heterocycles. The van der Waals surface area contributed by atoms with E-state index in [9.17, 15) is 26.9 Å². The minimum atomic E-state index is -4.22. The standard InChI is InChI=1S/C23H21Cl2N3O6S3/c1-16-2-6-19(7-3-16)36(31,32)26-10-12-27(13-11-26)37(33,34)23-15-18(28(29)30)5-9-21(23)35-22-14-17(24)4-8-20(22)25/h2-9,14-15H,10-13H2,1H3. The number of hydrogen-bond acceptors (Lipinski definition) is 7. The molecule has 0 atom stereocenters. The van der Waals surface area contributed by atoms with Crippen LogP contribution >= 0.6 is 35.0 Å². The second-order valence-electron chi connectivity index (χ2n) is 8.19. The van der Waals surface area contributed by atoms with Crippen molar-refractivity contribution in [1.29, 1.82) is 0 Å². The van der Waals surface area contributed by atoms with Crippen molar-refractivity contribution in [3.63, 3.8) is 0 Å². The van der Waals surface area contributed by atoms with Crippen molar-refractivity contribution in [3.8, 4) is 0 Å². The predicted molar refractivity (Wildman–Crippen MR) is 142 cm³/mol. The number of benzene rings is 3. The molecule has 0 bridgehead atoms. The third-order valence-electron chi connectivity index (χ3n) is 5.73. The van der Waals surface area contributed by atoms with Crippen LogP contribution in [0.15, 0.2) is 80.2 Å². The summed E-state index contributed by atoms with van der Waals surface area (Å²) < 4.78 is 55.7. The van der Waals surface area contributed by atoms with E-state index in [4.69, 9.17) is 23.2 Å². The van der Waals surface area contributed by atoms with Crippen LogP contribution in [0, 0.1) is 17.0 Å². The molecule has 0 unspecified atom stereocenters. The average Bonchev–Trinajstić information content (AvgIpc) is 2.86. The van der Waals surface area contributed by atoms with Crippen molar-refractivity contribution in [2.45, 2.75) is 26.5 Å². The van der Waals surface area contributed by atoms with Gasteiger partial charge in [0.1, 0.15) is 4.90 Å². The highest BCUT2D eigenvalue weighted by atomic mass is 35.5. The number of nitro groups is 1. The number of nitrogens with zero attached hydrogens (tertiary/aromatic N) is 3. The van der Waals surface area contributed by atoms with E-state index in [-0.39, 0.29) is 46.6 Å². The number of halogens is 2. The predicted octanol–water partition coefficient (Wildman–Crippen LogP) is 5.06. The lowest BCUT2D eigenvalue weighted by atomic mass is 10.2. The molecular formula is C23H21Cl2N3O6S3. The zero-order chi connectivity index (χ0) is 27.0. The molecular weight excluding hydrogens is 581 g/mol. The van der Waals surface area contributed by atoms with Gasteiger partial charge in [0.15, 0.2) is 0 Å². The van der Waals surface area contributed by atoms with E-state index in [0.29, 0.717) is 14.9 Å². The third kappa shape index (κ3) is 5.95. The third-order valence-corrected chi connectivity index (χ3v) is 11.5. The molecule has 1 aliphatic rings. The van der Waals surface area contributed by atoms with Gasteiger partial charge in [-0.05, 0) is 43.3 Å². The molecule has 0 amide bonds. The van der Waals surface area contributed by atoms with Crippen LogP contribution in [-0.2, 0) is 20.0 Å². The second kappa shape index (κ2) is 10.9. The summed E-state index contributed by atoms with van der Waals surface area (Å²) in [6.07, 6.45) is 0. The van der Waals surface area contributed by atoms with Crippen LogP contribution in [-0.4, -0.2) is 56.5 Å². The summed E-state index contributed by atoms with van der Waals surface area (Å²) in [6, 6.07) is 14.7. The maximum absolute atomic E-state index is 13.7. The van der Waals surface area contributed by atoms with Gasteiger partial charge in [-0.25, -0.2) is 16.8 Å². The monoisotopic (exact) mass is 601 g/mol. The maximum atomic E-state index is 13.7. The number of hydrogen-bond donors (Lipinski definition) is 0. The van der Waals surface area contributed by atoms with Gasteiger partial charge >= 0.3 is 0 Å². The Labute approximate surface area is 229 Å². The Morgan fingerprint density at radius 3 is 2.00 bits per heavy atom. The van der Waals surface area contributed by atoms with Crippen LogP contribution in [0.4, 0.5) is 5.69 Å². The van der Waals surface area contributed by atoms with Gasteiger partial charge in [0.25, 0.3) is 5.69 Å². The summed E-state index contributed by atoms with van der Waals surface area (Å²) in [5, 5.41) is 12.1. The summed E-state index contributed by atoms with van der Waals surface area (Å²) in [6.45, 7) is 1.50. The first kappa shape index (κ1) is 27.8. The molecule has 0 aliphatic carbocycles. The molecule has 1 fully saturated rings. The van der Waals surface area contributed by atoms with Crippen LogP contribution in [0.2, 0.25) is 10.0 Å². The zero-order valence-electron chi connectivity index (χ0n) is 19.4. The van der Waals surface area contributed by atoms with Gasteiger partial charge in [0, 0.05) is 53.1 Å². The van der Waals surface area contributed by atoms with E-state index in [1.165, 1.54) is 28.6 Å². The first-order valence-electron chi connectivity index (χ1n) is 10.9. The van der Waals surface area contributed by atoms with Gasteiger partial charge in [-0.2, -0.15) is 8.61 Å². The Morgan fingerprint density at radius 2 is 1.41 bits per heavy atom. The van der Waals surface area contributed by atoms with Gasteiger partial charge in [-0.1, -0.05) is 52.7 Å². The summed E-state index contributed by atoms with van der Waals surface area (Å²) in [7, 11) is -8.02. The lowest BCUT2D eigenvalue weighted by molar-refractivity contribution is -0.385. The van der Waals surface area contributed by atoms with Crippen molar-refractivity contribution >= 4 is 60.7 Å². The number of sulfonamides is 2. The van der Waals surface area contributed by atoms with Crippen LogP contribution < -0.4 is 0 Å². The number of piperazine rings is 1. The van der Waals surface area contributed by atoms with Crippen molar-refractivity contribution in [2.24, 2.45) is 0 Å². The van der Waals surface area contributed by atoms with Gasteiger partial charge in [-0.3, -0.25) is 10.1 Å². The van der Waals surface area contributed by atoms with Crippen LogP contribution in [0.3, 0.4) is 0 Å². The maximum Gasteiger partial charge on any atom is 0.270 e. The fourth-order valence-corrected chi connectivity index (χ4v) is 8.45. The number of nitro benzene ring substituents is 1. The molecule has 0 spiro atoms. The molecule has 4 rings (SSSR count). The van der Waals surface area contributed by atoms with E-state index in [0.717, 1.165) is 27.7 Å². The summed E-state index contributed by atoms with van der Waals surface area (Å²) in [5.41, 5.74) is 0.528. The Bertz CT molecular complexity index is 1560. The molecule has 14 heteroatoms. The fraction of sp³-hybridized carbons (Fsp3) is 0.217. The Hall–Kier alpha value is -2.19. The van der Waals surface area contributed by atoms with E-state index >= 15 is 0 Å². The van der Waals surface area contributed by atoms with Crippen molar-refractivity contribution < 1.29 is 21.8 Å². The Morgan fingerprint density at radius 1 is 0.811 bits per heavy atom. The van der Waals surface area contributed by atoms with Crippen LogP contribution in [0.5, 0.6) is 0 Å². The SMILES string of the molecule is Cc1ccc(S(=O)(=O)N2CCN(S(=O)(=O)c3cc([N+](=O)[O-])ccc3Sc3cc(Cl)ccc3Cl)CC2)cc1. The zero-order valence-corrected chi connectivity index (χ0v) is 23.3. The van der Waals surface area contributed by atoms with Gasteiger partial charge in [0.05, 0.1) is 14.8 Å². The number of rotatable bonds is 7. The van der Waals surface area contributed by atoms with Gasteiger partial charge in [0.2, 0.25) is 20.0 Å². The van der Waals surface area contributed by atoms with Crippen molar-refractivity contribution in [3.05, 3.63) is 86.4 Å². The molecule has 1 saturated heterocycles. The van der Waals surface area contributed by atoms with E-state index in [2.05, 4.69) is 0 Å². The minimum absolute atomic E-state index is 0.0625. The van der Waals surface area contributed by atoms with Crippen molar-refractivity contribution in [2.75, 3.05) is 26.2 Å². The van der Waals surface area contributed by atoms with E-state index < -0.39 is 25.0 Å². The van der Waals surface area contributed by atoms with Gasteiger partial charge < -0.3 is 0 Å². The highest BCUT2D eigenvalue weighted by Gasteiger charge is 2.35. The lowest BCUT2D eigenvalue weighted by Gasteiger charge is -2.33. The highest BCUT2D eigenvalue weighted by molar-refractivity contribution is 8.00. The molecule has 0 N–H and O–H groups in total. The Balaban J connectivity index is 1.62. The summed E-state index contributed by atoms with van der Waals surface area (Å²) in [4.78, 5) is 11.3. The molecule has 37 heavy (non-hydrogen) atoms. The first-order valence-corrected chi connectivity index (χ1v) is 15.3. The molecule has 3 aromatic carbocycles. The molecule has 0 radical (unpaired) electrons. The molecule has 9 nitrogen and oxygen atoms in total. The fourth-order valence-electron chi connectivity index (χ4n) is 3.72. The number of non-ortho nitro benzene ring substituents is 1. The molecule has 0 saturated carbocycles. The van der Waals surface area contributed by atoms with Gasteiger partial charge in [-0.15, -0.1) is 0 Å². The quantitative estimate of drug-likeness (QED) is 0.274. The van der Waals surface area contributed by atoms with Crippen LogP contribution in [0.25, 0.3) is 0 Å². The molecule has 1 aliphatic heterocycles. The molecule has 3 aromatic rings. The second-order valence-corrected chi connectivity index (χ2v) is 14.0. The largest absolute Gasteiger partial charge is 0.270 e. The molecule has 0 aromatic heterocycles. The average molecular weight is 603 g/mol. The molecule has 196 valence electrons. The number of aryl methyl sites for hydroxylation is 1. The Kier molecular flexibility index (Phi) is 8.19. The lowest BCUT2D eigenvalue weighted by Crippen LogP contribution is -2.50. The normalized spacial score (nSPS) is 15.5. The highest BCUT2D eigenvalue weighted by Crippen LogP contribution is 2.40. The minimum Gasteiger partial charge on any atom is -0.258 e.